The van der Waals surface area contributed by atoms with E-state index >= 15 is 8.78 Å². The Morgan fingerprint density at radius 2 is 1.87 bits per heavy atom. The maximum absolute atomic E-state index is 15.2. The van der Waals surface area contributed by atoms with Crippen molar-refractivity contribution in [2.45, 2.75) is 78.2 Å². The Labute approximate surface area is 182 Å². The average Bonchev–Trinajstić information content (AvgIpc) is 2.96. The molecule has 1 aromatic rings. The molecule has 11 heteroatoms. The Kier molecular flexibility index (Phi) is 7.52. The minimum atomic E-state index is -3.44. The van der Waals surface area contributed by atoms with Crippen LogP contribution in [-0.2, 0) is 33.4 Å². The first-order valence-corrected chi connectivity index (χ1v) is 14.1. The van der Waals surface area contributed by atoms with E-state index in [1.54, 1.807) is 27.7 Å². The van der Waals surface area contributed by atoms with Gasteiger partial charge in [-0.15, -0.1) is 0 Å². The lowest BCUT2D eigenvalue weighted by Crippen LogP contribution is -2.46. The molecule has 0 spiro atoms. The molecule has 1 aromatic heterocycles. The van der Waals surface area contributed by atoms with E-state index in [9.17, 15) is 9.59 Å². The summed E-state index contributed by atoms with van der Waals surface area (Å²) in [5.41, 5.74) is -1.55. The fourth-order valence-corrected chi connectivity index (χ4v) is 3.82. The van der Waals surface area contributed by atoms with Crippen LogP contribution < -0.4 is 0 Å². The summed E-state index contributed by atoms with van der Waals surface area (Å²) in [5, 5.41) is 4.08. The number of carbonyl (C=O) groups is 2. The summed E-state index contributed by atoms with van der Waals surface area (Å²) in [6.07, 6.45) is -0.883. The monoisotopic (exact) mass is 461 g/mol. The molecule has 0 saturated heterocycles. The SMILES string of the molecule is CCOC(=O)c1nn(COCC[Si](C)(C)C)c2c1CN(C(=O)OC(C)(C)C)CC2(F)F. The quantitative estimate of drug-likeness (QED) is 0.344. The van der Waals surface area contributed by atoms with Crippen LogP contribution in [0, 0.1) is 0 Å². The van der Waals surface area contributed by atoms with Crippen LogP contribution in [0.3, 0.4) is 0 Å². The third kappa shape index (κ3) is 6.73. The molecule has 1 amide bonds. The van der Waals surface area contributed by atoms with E-state index in [1.807, 2.05) is 0 Å². The van der Waals surface area contributed by atoms with Crippen molar-refractivity contribution in [3.63, 3.8) is 0 Å². The summed E-state index contributed by atoms with van der Waals surface area (Å²) in [4.78, 5) is 25.7. The van der Waals surface area contributed by atoms with Crippen LogP contribution in [0.2, 0.25) is 25.7 Å². The van der Waals surface area contributed by atoms with Crippen molar-refractivity contribution in [2.75, 3.05) is 19.8 Å². The van der Waals surface area contributed by atoms with Gasteiger partial charge >= 0.3 is 18.0 Å². The van der Waals surface area contributed by atoms with Crippen molar-refractivity contribution in [3.8, 4) is 0 Å². The highest BCUT2D eigenvalue weighted by Crippen LogP contribution is 2.39. The molecule has 2 rings (SSSR count). The minimum absolute atomic E-state index is 0.0469. The predicted molar refractivity (Wildman–Crippen MR) is 113 cm³/mol. The van der Waals surface area contributed by atoms with Crippen molar-refractivity contribution in [1.82, 2.24) is 14.7 Å². The molecule has 0 N–H and O–H groups in total. The zero-order valence-electron chi connectivity index (χ0n) is 19.4. The number of hydrogen-bond acceptors (Lipinski definition) is 6. The van der Waals surface area contributed by atoms with Gasteiger partial charge in [0.25, 0.3) is 0 Å². The van der Waals surface area contributed by atoms with Crippen molar-refractivity contribution in [1.29, 1.82) is 0 Å². The van der Waals surface area contributed by atoms with E-state index in [4.69, 9.17) is 14.2 Å². The number of esters is 1. The number of alkyl halides is 2. The summed E-state index contributed by atoms with van der Waals surface area (Å²) in [5.74, 6) is -4.26. The van der Waals surface area contributed by atoms with E-state index in [0.29, 0.717) is 6.61 Å². The molecular formula is C20H33F2N3O5Si. The molecule has 0 aliphatic carbocycles. The number of fused-ring (bicyclic) bond motifs is 1. The molecule has 0 unspecified atom stereocenters. The van der Waals surface area contributed by atoms with Crippen molar-refractivity contribution in [2.24, 2.45) is 0 Å². The Bertz CT molecular complexity index is 815. The fraction of sp³-hybridized carbons (Fsp3) is 0.750. The number of amides is 1. The van der Waals surface area contributed by atoms with E-state index in [-0.39, 0.29) is 31.1 Å². The van der Waals surface area contributed by atoms with Gasteiger partial charge < -0.3 is 14.2 Å². The number of hydrogen-bond donors (Lipinski definition) is 0. The molecule has 0 atom stereocenters. The molecule has 0 bridgehead atoms. The first-order chi connectivity index (χ1) is 14.1. The Hall–Kier alpha value is -2.01. The molecule has 0 saturated carbocycles. The second-order valence-electron chi connectivity index (χ2n) is 9.78. The average molecular weight is 462 g/mol. The number of carbonyl (C=O) groups excluding carboxylic acids is 2. The van der Waals surface area contributed by atoms with Crippen LogP contribution >= 0.6 is 0 Å². The molecule has 31 heavy (non-hydrogen) atoms. The lowest BCUT2D eigenvalue weighted by molar-refractivity contribution is -0.0692. The minimum Gasteiger partial charge on any atom is -0.461 e. The van der Waals surface area contributed by atoms with Gasteiger partial charge in [0.1, 0.15) is 18.0 Å². The number of halogens is 2. The van der Waals surface area contributed by atoms with Gasteiger partial charge in [-0.3, -0.25) is 4.90 Å². The molecule has 8 nitrogen and oxygen atoms in total. The van der Waals surface area contributed by atoms with Gasteiger partial charge in [-0.25, -0.2) is 14.3 Å². The summed E-state index contributed by atoms with van der Waals surface area (Å²) in [6.45, 7) is 12.3. The van der Waals surface area contributed by atoms with E-state index in [0.717, 1.165) is 15.6 Å². The van der Waals surface area contributed by atoms with Gasteiger partial charge in [-0.05, 0) is 33.7 Å². The highest BCUT2D eigenvalue weighted by atomic mass is 28.3. The maximum atomic E-state index is 15.2. The fourth-order valence-electron chi connectivity index (χ4n) is 3.06. The van der Waals surface area contributed by atoms with Gasteiger partial charge in [0.15, 0.2) is 5.69 Å². The number of aromatic nitrogens is 2. The van der Waals surface area contributed by atoms with Crippen LogP contribution in [0.1, 0.15) is 49.4 Å². The molecule has 0 fully saturated rings. The van der Waals surface area contributed by atoms with Crippen LogP contribution in [0.15, 0.2) is 0 Å². The second-order valence-corrected chi connectivity index (χ2v) is 15.4. The van der Waals surface area contributed by atoms with E-state index in [2.05, 4.69) is 24.7 Å². The predicted octanol–water partition coefficient (Wildman–Crippen LogP) is 4.21. The third-order valence-corrected chi connectivity index (χ3v) is 6.17. The highest BCUT2D eigenvalue weighted by Gasteiger charge is 2.48. The molecule has 0 radical (unpaired) electrons. The van der Waals surface area contributed by atoms with Crippen LogP contribution in [0.25, 0.3) is 0 Å². The zero-order chi connectivity index (χ0) is 23.6. The Morgan fingerprint density at radius 1 is 1.23 bits per heavy atom. The lowest BCUT2D eigenvalue weighted by Gasteiger charge is -2.34. The highest BCUT2D eigenvalue weighted by molar-refractivity contribution is 6.76. The number of rotatable bonds is 7. The van der Waals surface area contributed by atoms with Gasteiger partial charge in [-0.2, -0.15) is 13.9 Å². The molecular weight excluding hydrogens is 428 g/mol. The summed E-state index contributed by atoms with van der Waals surface area (Å²) >= 11 is 0. The van der Waals surface area contributed by atoms with Gasteiger partial charge in [0, 0.05) is 20.2 Å². The van der Waals surface area contributed by atoms with Crippen molar-refractivity contribution < 1.29 is 32.6 Å². The third-order valence-electron chi connectivity index (χ3n) is 4.47. The van der Waals surface area contributed by atoms with Gasteiger partial charge in [0.2, 0.25) is 0 Å². The molecule has 0 aromatic carbocycles. The van der Waals surface area contributed by atoms with Crippen LogP contribution in [-0.4, -0.2) is 60.2 Å². The van der Waals surface area contributed by atoms with Gasteiger partial charge in [0.05, 0.1) is 19.7 Å². The van der Waals surface area contributed by atoms with E-state index < -0.39 is 43.9 Å². The molecule has 176 valence electrons. The second kappa shape index (κ2) is 9.23. The standard InChI is InChI=1S/C20H33F2N3O5Si/c1-8-29-17(26)15-14-11-24(18(27)30-19(2,3)4)12-20(21,22)16(14)25(23-15)13-28-9-10-31(5,6)7/h8-13H2,1-7H3. The maximum Gasteiger partial charge on any atom is 0.410 e. The normalized spacial score (nSPS) is 16.1. The first-order valence-electron chi connectivity index (χ1n) is 10.4. The Morgan fingerprint density at radius 3 is 2.42 bits per heavy atom. The van der Waals surface area contributed by atoms with Crippen LogP contribution in [0.4, 0.5) is 13.6 Å². The molecule has 1 aliphatic rings. The van der Waals surface area contributed by atoms with Crippen molar-refractivity contribution in [3.05, 3.63) is 17.0 Å². The molecule has 2 heterocycles. The number of ether oxygens (including phenoxy) is 3. The van der Waals surface area contributed by atoms with Crippen LogP contribution in [0.5, 0.6) is 0 Å². The topological polar surface area (TPSA) is 82.9 Å². The summed E-state index contributed by atoms with van der Waals surface area (Å²) in [6, 6.07) is 0.865. The molecule has 1 aliphatic heterocycles. The first kappa shape index (κ1) is 25.2. The smallest absolute Gasteiger partial charge is 0.410 e. The summed E-state index contributed by atoms with van der Waals surface area (Å²) in [7, 11) is -1.35. The summed E-state index contributed by atoms with van der Waals surface area (Å²) < 4.78 is 47.1. The largest absolute Gasteiger partial charge is 0.461 e. The van der Waals surface area contributed by atoms with Crippen molar-refractivity contribution >= 4 is 20.1 Å². The lowest BCUT2D eigenvalue weighted by atomic mass is 10.0. The Balaban J connectivity index is 2.35. The zero-order valence-corrected chi connectivity index (χ0v) is 20.4. The van der Waals surface area contributed by atoms with Gasteiger partial charge in [-0.1, -0.05) is 19.6 Å². The number of nitrogens with zero attached hydrogens (tertiary/aromatic N) is 3. The van der Waals surface area contributed by atoms with E-state index in [1.165, 1.54) is 0 Å².